The topological polar surface area (TPSA) is 35.0 Å². The lowest BCUT2D eigenvalue weighted by Gasteiger charge is -2.06. The lowest BCUT2D eigenvalue weighted by Crippen LogP contribution is -1.91. The fraction of sp³-hybridized carbons (Fsp3) is 0.0909. The second kappa shape index (κ2) is 4.57. The Labute approximate surface area is 100 Å². The van der Waals surface area contributed by atoms with Crippen LogP contribution >= 0.6 is 15.9 Å². The van der Waals surface area contributed by atoms with Crippen molar-refractivity contribution in [2.75, 3.05) is 7.11 Å². The van der Waals surface area contributed by atoms with Gasteiger partial charge in [-0.25, -0.2) is 14.4 Å². The Bertz CT molecular complexity index is 519. The van der Waals surface area contributed by atoms with E-state index in [9.17, 15) is 4.39 Å². The average Bonchev–Trinajstić information content (AvgIpc) is 2.30. The van der Waals surface area contributed by atoms with Gasteiger partial charge in [0, 0.05) is 23.4 Å². The standard InChI is InChI=1S/C11H8BrFN2O/c1-16-7-2-3-8(10(13)4-7)9-5-14-6-15-11(9)12/h2-6H,1H3. The average molecular weight is 283 g/mol. The molecule has 2 rings (SSSR count). The number of hydrogen-bond donors (Lipinski definition) is 0. The van der Waals surface area contributed by atoms with Gasteiger partial charge in [-0.15, -0.1) is 0 Å². The second-order valence-electron chi connectivity index (χ2n) is 3.07. The van der Waals surface area contributed by atoms with Gasteiger partial charge < -0.3 is 4.74 Å². The normalized spacial score (nSPS) is 10.2. The quantitative estimate of drug-likeness (QED) is 0.794. The molecule has 1 aromatic heterocycles. The van der Waals surface area contributed by atoms with E-state index in [-0.39, 0.29) is 5.82 Å². The van der Waals surface area contributed by atoms with Crippen molar-refractivity contribution in [2.45, 2.75) is 0 Å². The van der Waals surface area contributed by atoms with E-state index in [4.69, 9.17) is 4.74 Å². The van der Waals surface area contributed by atoms with Crippen molar-refractivity contribution in [2.24, 2.45) is 0 Å². The Balaban J connectivity index is 2.53. The molecule has 82 valence electrons. The van der Waals surface area contributed by atoms with E-state index in [2.05, 4.69) is 25.9 Å². The lowest BCUT2D eigenvalue weighted by atomic mass is 10.1. The predicted molar refractivity (Wildman–Crippen MR) is 61.7 cm³/mol. The van der Waals surface area contributed by atoms with Crippen LogP contribution in [0.25, 0.3) is 11.1 Å². The fourth-order valence-electron chi connectivity index (χ4n) is 1.34. The molecule has 0 aliphatic carbocycles. The molecule has 0 saturated carbocycles. The van der Waals surface area contributed by atoms with Crippen LogP contribution in [0.4, 0.5) is 4.39 Å². The SMILES string of the molecule is COc1ccc(-c2cncnc2Br)c(F)c1. The number of benzene rings is 1. The van der Waals surface area contributed by atoms with Gasteiger partial charge in [0.15, 0.2) is 0 Å². The molecular formula is C11H8BrFN2O. The van der Waals surface area contributed by atoms with Gasteiger partial charge in [0.1, 0.15) is 22.5 Å². The van der Waals surface area contributed by atoms with E-state index in [0.29, 0.717) is 21.5 Å². The van der Waals surface area contributed by atoms with Crippen molar-refractivity contribution < 1.29 is 9.13 Å². The van der Waals surface area contributed by atoms with E-state index in [1.54, 1.807) is 18.3 Å². The smallest absolute Gasteiger partial charge is 0.134 e. The Morgan fingerprint density at radius 3 is 2.75 bits per heavy atom. The summed E-state index contributed by atoms with van der Waals surface area (Å²) in [4.78, 5) is 7.81. The molecule has 2 aromatic rings. The maximum Gasteiger partial charge on any atom is 0.134 e. The molecule has 0 atom stereocenters. The number of ether oxygens (including phenoxy) is 1. The Kier molecular flexibility index (Phi) is 3.14. The third-order valence-electron chi connectivity index (χ3n) is 2.13. The van der Waals surface area contributed by atoms with Gasteiger partial charge in [0.25, 0.3) is 0 Å². The molecular weight excluding hydrogens is 275 g/mol. The van der Waals surface area contributed by atoms with Crippen molar-refractivity contribution in [1.82, 2.24) is 9.97 Å². The largest absolute Gasteiger partial charge is 0.497 e. The molecule has 0 radical (unpaired) electrons. The highest BCUT2D eigenvalue weighted by molar-refractivity contribution is 9.10. The summed E-state index contributed by atoms with van der Waals surface area (Å²) < 4.78 is 19.2. The molecule has 0 unspecified atom stereocenters. The maximum atomic E-state index is 13.7. The van der Waals surface area contributed by atoms with Crippen LogP contribution in [0.1, 0.15) is 0 Å². The summed E-state index contributed by atoms with van der Waals surface area (Å²) in [6, 6.07) is 4.66. The summed E-state index contributed by atoms with van der Waals surface area (Å²) in [5.74, 6) is 0.115. The first kappa shape index (κ1) is 11.0. The van der Waals surface area contributed by atoms with Gasteiger partial charge in [0.05, 0.1) is 7.11 Å². The van der Waals surface area contributed by atoms with Crippen LogP contribution in [0.3, 0.4) is 0 Å². The van der Waals surface area contributed by atoms with Crippen LogP contribution in [-0.4, -0.2) is 17.1 Å². The van der Waals surface area contributed by atoms with Gasteiger partial charge in [-0.2, -0.15) is 0 Å². The lowest BCUT2D eigenvalue weighted by molar-refractivity contribution is 0.411. The van der Waals surface area contributed by atoms with Gasteiger partial charge in [-0.3, -0.25) is 0 Å². The van der Waals surface area contributed by atoms with Crippen LogP contribution < -0.4 is 4.74 Å². The van der Waals surface area contributed by atoms with E-state index in [1.165, 1.54) is 19.5 Å². The minimum absolute atomic E-state index is 0.366. The number of aromatic nitrogens is 2. The first-order chi connectivity index (χ1) is 7.72. The summed E-state index contributed by atoms with van der Waals surface area (Å²) in [6.07, 6.45) is 2.96. The van der Waals surface area contributed by atoms with Crippen LogP contribution in [0, 0.1) is 5.82 Å². The number of rotatable bonds is 2. The highest BCUT2D eigenvalue weighted by Gasteiger charge is 2.10. The molecule has 0 spiro atoms. The molecule has 1 heterocycles. The minimum Gasteiger partial charge on any atom is -0.497 e. The Morgan fingerprint density at radius 1 is 1.31 bits per heavy atom. The molecule has 0 aliphatic heterocycles. The van der Waals surface area contributed by atoms with E-state index < -0.39 is 0 Å². The van der Waals surface area contributed by atoms with Gasteiger partial charge in [-0.1, -0.05) is 0 Å². The molecule has 0 saturated heterocycles. The molecule has 1 aromatic carbocycles. The van der Waals surface area contributed by atoms with E-state index in [0.717, 1.165) is 0 Å². The third-order valence-corrected chi connectivity index (χ3v) is 2.76. The highest BCUT2D eigenvalue weighted by atomic mass is 79.9. The van der Waals surface area contributed by atoms with Crippen LogP contribution in [-0.2, 0) is 0 Å². The van der Waals surface area contributed by atoms with Crippen LogP contribution in [0.2, 0.25) is 0 Å². The highest BCUT2D eigenvalue weighted by Crippen LogP contribution is 2.29. The molecule has 16 heavy (non-hydrogen) atoms. The Hall–Kier alpha value is -1.49. The van der Waals surface area contributed by atoms with Crippen molar-refractivity contribution in [3.05, 3.63) is 41.1 Å². The molecule has 3 nitrogen and oxygen atoms in total. The van der Waals surface area contributed by atoms with Gasteiger partial charge in [0.2, 0.25) is 0 Å². The van der Waals surface area contributed by atoms with E-state index >= 15 is 0 Å². The van der Waals surface area contributed by atoms with Gasteiger partial charge in [-0.05, 0) is 28.1 Å². The summed E-state index contributed by atoms with van der Waals surface area (Å²) in [7, 11) is 1.50. The first-order valence-electron chi connectivity index (χ1n) is 4.52. The monoisotopic (exact) mass is 282 g/mol. The minimum atomic E-state index is -0.366. The predicted octanol–water partition coefficient (Wildman–Crippen LogP) is 3.05. The molecule has 0 N–H and O–H groups in total. The fourth-order valence-corrected chi connectivity index (χ4v) is 1.74. The number of hydrogen-bond acceptors (Lipinski definition) is 3. The van der Waals surface area contributed by atoms with Crippen molar-refractivity contribution in [1.29, 1.82) is 0 Å². The zero-order valence-electron chi connectivity index (χ0n) is 8.45. The molecule has 0 aliphatic rings. The third kappa shape index (κ3) is 2.04. The number of methoxy groups -OCH3 is 1. The maximum absolute atomic E-state index is 13.7. The summed E-state index contributed by atoms with van der Waals surface area (Å²) in [5.41, 5.74) is 1.05. The van der Waals surface area contributed by atoms with Crippen molar-refractivity contribution >= 4 is 15.9 Å². The number of nitrogens with zero attached hydrogens (tertiary/aromatic N) is 2. The first-order valence-corrected chi connectivity index (χ1v) is 5.31. The van der Waals surface area contributed by atoms with Crippen LogP contribution in [0.15, 0.2) is 35.3 Å². The second-order valence-corrected chi connectivity index (χ2v) is 3.82. The number of halogens is 2. The van der Waals surface area contributed by atoms with Gasteiger partial charge >= 0.3 is 0 Å². The summed E-state index contributed by atoms with van der Waals surface area (Å²) in [6.45, 7) is 0. The van der Waals surface area contributed by atoms with Crippen LogP contribution in [0.5, 0.6) is 5.75 Å². The zero-order chi connectivity index (χ0) is 11.5. The summed E-state index contributed by atoms with van der Waals surface area (Å²) in [5, 5.41) is 0. The Morgan fingerprint density at radius 2 is 2.12 bits per heavy atom. The summed E-state index contributed by atoms with van der Waals surface area (Å²) >= 11 is 3.25. The zero-order valence-corrected chi connectivity index (χ0v) is 10.0. The van der Waals surface area contributed by atoms with Crippen molar-refractivity contribution in [3.63, 3.8) is 0 Å². The van der Waals surface area contributed by atoms with E-state index in [1.807, 2.05) is 0 Å². The molecule has 0 bridgehead atoms. The molecule has 5 heteroatoms. The van der Waals surface area contributed by atoms with Crippen molar-refractivity contribution in [3.8, 4) is 16.9 Å². The molecule has 0 fully saturated rings. The molecule has 0 amide bonds.